The third-order valence-corrected chi connectivity index (χ3v) is 3.28. The third-order valence-electron chi connectivity index (χ3n) is 3.28. The molecule has 2 aliphatic heterocycles. The molecule has 1 N–H and O–H groups in total. The van der Waals surface area contributed by atoms with E-state index in [9.17, 15) is 9.59 Å². The predicted molar refractivity (Wildman–Crippen MR) is 64.7 cm³/mol. The van der Waals surface area contributed by atoms with Crippen LogP contribution in [0, 0.1) is 11.3 Å². The van der Waals surface area contributed by atoms with Crippen LogP contribution in [0.15, 0.2) is 21.9 Å². The Kier molecular flexibility index (Phi) is 2.79. The molecule has 0 amide bonds. The molecular formula is C12H13N3O5. The summed E-state index contributed by atoms with van der Waals surface area (Å²) in [6.07, 6.45) is -1.48. The second-order valence-corrected chi connectivity index (χ2v) is 5.16. The van der Waals surface area contributed by atoms with Crippen molar-refractivity contribution in [3.8, 4) is 6.07 Å². The quantitative estimate of drug-likeness (QED) is 0.741. The maximum Gasteiger partial charge on any atom is 0.330 e. The summed E-state index contributed by atoms with van der Waals surface area (Å²) in [5.74, 6) is -0.849. The lowest BCUT2D eigenvalue weighted by atomic mass is 10.1. The molecule has 1 aromatic heterocycles. The van der Waals surface area contributed by atoms with Gasteiger partial charge in [0.1, 0.15) is 12.2 Å². The van der Waals surface area contributed by atoms with Crippen molar-refractivity contribution in [3.63, 3.8) is 0 Å². The fraction of sp³-hybridized carbons (Fsp3) is 0.583. The molecule has 2 aliphatic rings. The average molecular weight is 279 g/mol. The average Bonchev–Trinajstić information content (AvgIpc) is 2.83. The van der Waals surface area contributed by atoms with E-state index < -0.39 is 41.6 Å². The first-order chi connectivity index (χ1) is 9.41. The smallest absolute Gasteiger partial charge is 0.330 e. The van der Waals surface area contributed by atoms with Gasteiger partial charge in [0.2, 0.25) is 0 Å². The van der Waals surface area contributed by atoms with Crippen LogP contribution in [-0.2, 0) is 14.2 Å². The van der Waals surface area contributed by atoms with Crippen LogP contribution >= 0.6 is 0 Å². The standard InChI is InChI=1S/C12H13N3O5/c1-12(2)19-8-6(5-13)18-10(9(8)20-12)15-4-3-7(16)14-11(15)17/h3-4,6,8-10H,1-2H3,(H,14,16,17). The van der Waals surface area contributed by atoms with Gasteiger partial charge in [0, 0.05) is 12.3 Å². The highest BCUT2D eigenvalue weighted by Crippen LogP contribution is 2.42. The van der Waals surface area contributed by atoms with Crippen LogP contribution in [0.25, 0.3) is 0 Å². The zero-order valence-electron chi connectivity index (χ0n) is 10.9. The number of nitrogens with one attached hydrogen (secondary N) is 1. The molecule has 3 rings (SSSR count). The van der Waals surface area contributed by atoms with Gasteiger partial charge in [-0.15, -0.1) is 0 Å². The van der Waals surface area contributed by atoms with Gasteiger partial charge >= 0.3 is 5.69 Å². The van der Waals surface area contributed by atoms with E-state index in [0.717, 1.165) is 0 Å². The number of ether oxygens (including phenoxy) is 3. The van der Waals surface area contributed by atoms with Crippen molar-refractivity contribution in [1.29, 1.82) is 5.26 Å². The summed E-state index contributed by atoms with van der Waals surface area (Å²) in [5, 5.41) is 9.11. The van der Waals surface area contributed by atoms with Crippen molar-refractivity contribution < 1.29 is 14.2 Å². The van der Waals surface area contributed by atoms with Crippen LogP contribution in [0.3, 0.4) is 0 Å². The largest absolute Gasteiger partial charge is 0.341 e. The number of H-pyrrole nitrogens is 1. The molecule has 2 saturated heterocycles. The highest BCUT2D eigenvalue weighted by atomic mass is 16.8. The summed E-state index contributed by atoms with van der Waals surface area (Å²) in [5.41, 5.74) is -1.12. The van der Waals surface area contributed by atoms with Gasteiger partial charge < -0.3 is 14.2 Å². The van der Waals surface area contributed by atoms with Crippen LogP contribution in [-0.4, -0.2) is 33.7 Å². The highest BCUT2D eigenvalue weighted by Gasteiger charge is 2.56. The van der Waals surface area contributed by atoms with Crippen molar-refractivity contribution in [2.45, 2.75) is 44.2 Å². The molecule has 8 heteroatoms. The van der Waals surface area contributed by atoms with E-state index in [4.69, 9.17) is 19.5 Å². The second-order valence-electron chi connectivity index (χ2n) is 5.16. The molecule has 8 nitrogen and oxygen atoms in total. The van der Waals surface area contributed by atoms with Crippen molar-refractivity contribution in [1.82, 2.24) is 9.55 Å². The maximum absolute atomic E-state index is 11.8. The number of nitriles is 1. The number of nitrogens with zero attached hydrogens (tertiary/aromatic N) is 2. The zero-order chi connectivity index (χ0) is 14.5. The summed E-state index contributed by atoms with van der Waals surface area (Å²) in [6.45, 7) is 3.46. The van der Waals surface area contributed by atoms with Gasteiger partial charge in [-0.25, -0.2) is 4.79 Å². The van der Waals surface area contributed by atoms with Crippen LogP contribution in [0.5, 0.6) is 0 Å². The molecule has 0 bridgehead atoms. The van der Waals surface area contributed by atoms with E-state index in [1.165, 1.54) is 16.8 Å². The van der Waals surface area contributed by atoms with E-state index in [0.29, 0.717) is 0 Å². The van der Waals surface area contributed by atoms with Crippen molar-refractivity contribution in [3.05, 3.63) is 33.1 Å². The molecule has 0 aliphatic carbocycles. The number of fused-ring (bicyclic) bond motifs is 1. The first-order valence-electron chi connectivity index (χ1n) is 6.13. The predicted octanol–water partition coefficient (Wildman–Crippen LogP) is -0.522. The molecule has 0 spiro atoms. The number of hydrogen-bond donors (Lipinski definition) is 1. The number of hydrogen-bond acceptors (Lipinski definition) is 6. The third kappa shape index (κ3) is 1.96. The Hall–Kier alpha value is -1.95. The van der Waals surface area contributed by atoms with Crippen LogP contribution in [0.4, 0.5) is 0 Å². The molecule has 20 heavy (non-hydrogen) atoms. The number of aromatic nitrogens is 2. The van der Waals surface area contributed by atoms with E-state index in [1.54, 1.807) is 13.8 Å². The van der Waals surface area contributed by atoms with Crippen molar-refractivity contribution in [2.24, 2.45) is 0 Å². The first kappa shape index (κ1) is 13.1. The van der Waals surface area contributed by atoms with Gasteiger partial charge in [0.15, 0.2) is 18.1 Å². The van der Waals surface area contributed by atoms with Crippen LogP contribution in [0.1, 0.15) is 20.1 Å². The molecule has 2 fully saturated rings. The van der Waals surface area contributed by atoms with Gasteiger partial charge in [0.25, 0.3) is 5.56 Å². The van der Waals surface area contributed by atoms with Crippen molar-refractivity contribution >= 4 is 0 Å². The van der Waals surface area contributed by atoms with Crippen LogP contribution < -0.4 is 11.2 Å². The lowest BCUT2D eigenvalue weighted by Crippen LogP contribution is -2.37. The summed E-state index contributed by atoms with van der Waals surface area (Å²) in [4.78, 5) is 25.1. The van der Waals surface area contributed by atoms with Gasteiger partial charge in [0.05, 0.1) is 6.07 Å². The molecule has 1 aromatic rings. The van der Waals surface area contributed by atoms with E-state index in [1.807, 2.05) is 6.07 Å². The fourth-order valence-electron chi connectivity index (χ4n) is 2.53. The van der Waals surface area contributed by atoms with Gasteiger partial charge in [-0.3, -0.25) is 14.3 Å². The van der Waals surface area contributed by atoms with Gasteiger partial charge in [-0.2, -0.15) is 5.26 Å². The Morgan fingerprint density at radius 2 is 2.05 bits per heavy atom. The Bertz CT molecular complexity index is 685. The monoisotopic (exact) mass is 279 g/mol. The molecule has 4 atom stereocenters. The SMILES string of the molecule is CC1(C)OC2C(C#N)OC(n3ccc(=O)[nH]c3=O)C2O1. The Labute approximate surface area is 113 Å². The molecule has 0 radical (unpaired) electrons. The van der Waals surface area contributed by atoms with E-state index in [-0.39, 0.29) is 0 Å². The molecule has 0 aromatic carbocycles. The zero-order valence-corrected chi connectivity index (χ0v) is 10.9. The van der Waals surface area contributed by atoms with E-state index in [2.05, 4.69) is 4.98 Å². The van der Waals surface area contributed by atoms with Crippen LogP contribution in [0.2, 0.25) is 0 Å². The summed E-state index contributed by atoms with van der Waals surface area (Å²) in [7, 11) is 0. The molecule has 3 heterocycles. The summed E-state index contributed by atoms with van der Waals surface area (Å²) < 4.78 is 18.0. The Balaban J connectivity index is 2.01. The topological polar surface area (TPSA) is 106 Å². The number of aromatic amines is 1. The van der Waals surface area contributed by atoms with E-state index >= 15 is 0 Å². The maximum atomic E-state index is 11.8. The van der Waals surface area contributed by atoms with Gasteiger partial charge in [-0.05, 0) is 13.8 Å². The Morgan fingerprint density at radius 1 is 1.35 bits per heavy atom. The first-order valence-corrected chi connectivity index (χ1v) is 6.13. The fourth-order valence-corrected chi connectivity index (χ4v) is 2.53. The summed E-state index contributed by atoms with van der Waals surface area (Å²) >= 11 is 0. The Morgan fingerprint density at radius 3 is 2.70 bits per heavy atom. The lowest BCUT2D eigenvalue weighted by Gasteiger charge is -2.23. The number of rotatable bonds is 1. The summed E-state index contributed by atoms with van der Waals surface area (Å²) in [6, 6.07) is 3.20. The molecule has 106 valence electrons. The van der Waals surface area contributed by atoms with Crippen molar-refractivity contribution in [2.75, 3.05) is 0 Å². The lowest BCUT2D eigenvalue weighted by molar-refractivity contribution is -0.191. The molecule has 4 unspecified atom stereocenters. The highest BCUT2D eigenvalue weighted by molar-refractivity contribution is 5.06. The molecular weight excluding hydrogens is 266 g/mol. The minimum absolute atomic E-state index is 0.499. The minimum Gasteiger partial charge on any atom is -0.341 e. The minimum atomic E-state index is -0.849. The second kappa shape index (κ2) is 4.28. The molecule has 0 saturated carbocycles. The normalized spacial score (nSPS) is 34.6. The van der Waals surface area contributed by atoms with Gasteiger partial charge in [-0.1, -0.05) is 0 Å².